The molecule has 1 aliphatic rings. The number of hydrogen-bond donors (Lipinski definition) is 0. The molecule has 5 nitrogen and oxygen atoms in total. The van der Waals surface area contributed by atoms with Gasteiger partial charge in [0.25, 0.3) is 0 Å². The van der Waals surface area contributed by atoms with Crippen LogP contribution in [0.3, 0.4) is 0 Å². The third kappa shape index (κ3) is 7.10. The Balaban J connectivity index is 2.04. The highest BCUT2D eigenvalue weighted by Gasteiger charge is 2.42. The Labute approximate surface area is 184 Å². The topological polar surface area (TPSA) is 48.0 Å². The molecule has 1 aromatic carbocycles. The van der Waals surface area contributed by atoms with Gasteiger partial charge >= 0.3 is 6.09 Å². The second-order valence-corrected chi connectivity index (χ2v) is 15.7. The predicted octanol–water partition coefficient (Wildman–Crippen LogP) is 5.99. The van der Waals surface area contributed by atoms with Gasteiger partial charge in [0.15, 0.2) is 8.32 Å². The molecule has 0 unspecified atom stereocenters. The first-order valence-corrected chi connectivity index (χ1v) is 14.0. The molecule has 2 rings (SSSR count). The van der Waals surface area contributed by atoms with Gasteiger partial charge in [0.2, 0.25) is 0 Å². The van der Waals surface area contributed by atoms with Crippen LogP contribution in [0.4, 0.5) is 4.79 Å². The third-order valence-electron chi connectivity index (χ3n) is 6.09. The molecule has 1 aliphatic heterocycles. The van der Waals surface area contributed by atoms with E-state index in [1.54, 1.807) is 0 Å². The zero-order valence-electron chi connectivity index (χ0n) is 20.2. The minimum Gasteiger partial charge on any atom is -0.444 e. The van der Waals surface area contributed by atoms with Crippen LogP contribution in [0.2, 0.25) is 18.1 Å². The van der Waals surface area contributed by atoms with Crippen LogP contribution in [-0.2, 0) is 20.5 Å². The van der Waals surface area contributed by atoms with E-state index in [4.69, 9.17) is 13.9 Å². The van der Waals surface area contributed by atoms with Crippen LogP contribution < -0.4 is 0 Å². The second kappa shape index (κ2) is 9.84. The van der Waals surface area contributed by atoms with E-state index >= 15 is 0 Å². The van der Waals surface area contributed by atoms with Gasteiger partial charge in [-0.15, -0.1) is 0 Å². The van der Waals surface area contributed by atoms with Crippen LogP contribution in [0.1, 0.15) is 59.9 Å². The molecule has 1 amide bonds. The molecule has 0 saturated carbocycles. The number of benzene rings is 1. The lowest BCUT2D eigenvalue weighted by atomic mass is 10.2. The smallest absolute Gasteiger partial charge is 0.410 e. The van der Waals surface area contributed by atoms with Crippen molar-refractivity contribution in [2.75, 3.05) is 13.2 Å². The molecule has 1 heterocycles. The summed E-state index contributed by atoms with van der Waals surface area (Å²) in [5, 5.41) is 0.139. The first-order valence-electron chi connectivity index (χ1n) is 11.1. The lowest BCUT2D eigenvalue weighted by molar-refractivity contribution is -0.00483. The third-order valence-corrected chi connectivity index (χ3v) is 10.6. The number of amides is 1. The summed E-state index contributed by atoms with van der Waals surface area (Å²) in [6.07, 6.45) is 1.55. The largest absolute Gasteiger partial charge is 0.444 e. The van der Waals surface area contributed by atoms with Gasteiger partial charge in [-0.1, -0.05) is 51.1 Å². The van der Waals surface area contributed by atoms with Gasteiger partial charge in [-0.3, -0.25) is 4.90 Å². The summed E-state index contributed by atoms with van der Waals surface area (Å²) >= 11 is 0. The van der Waals surface area contributed by atoms with Gasteiger partial charge in [-0.05, 0) is 57.3 Å². The number of likely N-dealkylation sites (tertiary alicyclic amines) is 1. The van der Waals surface area contributed by atoms with Crippen LogP contribution in [0.25, 0.3) is 0 Å². The minimum atomic E-state index is -1.89. The number of ether oxygens (including phenoxy) is 2. The van der Waals surface area contributed by atoms with Crippen LogP contribution in [-0.4, -0.2) is 50.2 Å². The lowest BCUT2D eigenvalue weighted by Crippen LogP contribution is -2.49. The summed E-state index contributed by atoms with van der Waals surface area (Å²) in [4.78, 5) is 14.9. The van der Waals surface area contributed by atoms with Crippen molar-refractivity contribution in [1.29, 1.82) is 0 Å². The van der Waals surface area contributed by atoms with Crippen molar-refractivity contribution in [1.82, 2.24) is 4.90 Å². The molecule has 2 atom stereocenters. The standard InChI is InChI=1S/C24H41NO4Si/c1-23(2,3)29-22(26)25-20(17-27-16-19-12-10-9-11-13-19)14-15-21(25)18-28-30(7,8)24(4,5)6/h9-13,20-21H,14-18H2,1-8H3/t20-,21-/m0/s1. The number of hydrogen-bond acceptors (Lipinski definition) is 4. The molecule has 1 fully saturated rings. The van der Waals surface area contributed by atoms with E-state index in [0.29, 0.717) is 19.8 Å². The van der Waals surface area contributed by atoms with Crippen LogP contribution in [0.5, 0.6) is 0 Å². The first-order chi connectivity index (χ1) is 13.8. The average molecular weight is 436 g/mol. The van der Waals surface area contributed by atoms with Crippen molar-refractivity contribution in [3.05, 3.63) is 35.9 Å². The SMILES string of the molecule is CC(C)(C)OC(=O)N1[C@H](COCc2ccccc2)CC[C@H]1CO[Si](C)(C)C(C)(C)C. The molecule has 0 spiro atoms. The highest BCUT2D eigenvalue weighted by Crippen LogP contribution is 2.37. The highest BCUT2D eigenvalue weighted by molar-refractivity contribution is 6.74. The van der Waals surface area contributed by atoms with E-state index in [-0.39, 0.29) is 23.2 Å². The summed E-state index contributed by atoms with van der Waals surface area (Å²) < 4.78 is 18.2. The molecular formula is C24H41NO4Si. The molecule has 0 bridgehead atoms. The molecular weight excluding hydrogens is 394 g/mol. The molecule has 0 aliphatic carbocycles. The average Bonchev–Trinajstić information content (AvgIpc) is 3.01. The summed E-state index contributed by atoms with van der Waals surface area (Å²) in [5.41, 5.74) is 0.608. The maximum Gasteiger partial charge on any atom is 0.410 e. The Morgan fingerprint density at radius 1 is 1.00 bits per heavy atom. The van der Waals surface area contributed by atoms with E-state index in [9.17, 15) is 4.79 Å². The zero-order valence-corrected chi connectivity index (χ0v) is 21.2. The molecule has 1 saturated heterocycles. The Bertz CT molecular complexity index is 679. The maximum absolute atomic E-state index is 13.0. The Kier molecular flexibility index (Phi) is 8.16. The van der Waals surface area contributed by atoms with E-state index in [2.05, 4.69) is 46.0 Å². The molecule has 6 heteroatoms. The monoisotopic (exact) mass is 435 g/mol. The summed E-state index contributed by atoms with van der Waals surface area (Å²) in [6.45, 7) is 18.5. The summed E-state index contributed by atoms with van der Waals surface area (Å²) in [5.74, 6) is 0. The normalized spacial score (nSPS) is 20.5. The van der Waals surface area contributed by atoms with Gasteiger partial charge in [-0.25, -0.2) is 4.79 Å². The minimum absolute atomic E-state index is 0.0107. The molecule has 0 radical (unpaired) electrons. The fourth-order valence-corrected chi connectivity index (χ4v) is 4.35. The quantitative estimate of drug-likeness (QED) is 0.493. The molecule has 1 aromatic rings. The number of carbonyl (C=O) groups is 1. The molecule has 0 N–H and O–H groups in total. The molecule has 30 heavy (non-hydrogen) atoms. The first kappa shape index (κ1) is 24.9. The fraction of sp³-hybridized carbons (Fsp3) is 0.708. The van der Waals surface area contributed by atoms with Gasteiger partial charge in [-0.2, -0.15) is 0 Å². The Hall–Kier alpha value is -1.37. The van der Waals surface area contributed by atoms with Crippen LogP contribution in [0, 0.1) is 0 Å². The van der Waals surface area contributed by atoms with E-state index < -0.39 is 13.9 Å². The number of carbonyl (C=O) groups excluding carboxylic acids is 1. The zero-order chi connectivity index (χ0) is 22.6. The van der Waals surface area contributed by atoms with Crippen LogP contribution in [0.15, 0.2) is 30.3 Å². The van der Waals surface area contributed by atoms with Crippen molar-refractivity contribution in [2.24, 2.45) is 0 Å². The van der Waals surface area contributed by atoms with Crippen molar-refractivity contribution in [3.8, 4) is 0 Å². The van der Waals surface area contributed by atoms with Crippen molar-refractivity contribution in [3.63, 3.8) is 0 Å². The van der Waals surface area contributed by atoms with Crippen molar-refractivity contribution < 1.29 is 18.7 Å². The van der Waals surface area contributed by atoms with Gasteiger partial charge in [0.1, 0.15) is 5.60 Å². The molecule has 0 aromatic heterocycles. The van der Waals surface area contributed by atoms with Crippen molar-refractivity contribution >= 4 is 14.4 Å². The molecule has 170 valence electrons. The van der Waals surface area contributed by atoms with Crippen molar-refractivity contribution in [2.45, 2.75) is 96.8 Å². The number of nitrogens with zero attached hydrogens (tertiary/aromatic N) is 1. The summed E-state index contributed by atoms with van der Waals surface area (Å²) in [6, 6.07) is 10.2. The predicted molar refractivity (Wildman–Crippen MR) is 124 cm³/mol. The lowest BCUT2D eigenvalue weighted by Gasteiger charge is -2.38. The van der Waals surface area contributed by atoms with Gasteiger partial charge in [0, 0.05) is 0 Å². The van der Waals surface area contributed by atoms with Crippen LogP contribution >= 0.6 is 0 Å². The second-order valence-electron chi connectivity index (χ2n) is 10.8. The van der Waals surface area contributed by atoms with Gasteiger partial charge in [0.05, 0.1) is 31.9 Å². The maximum atomic E-state index is 13.0. The van der Waals surface area contributed by atoms with E-state index in [1.165, 1.54) is 0 Å². The Morgan fingerprint density at radius 3 is 2.10 bits per heavy atom. The fourth-order valence-electron chi connectivity index (χ4n) is 3.31. The van der Waals surface area contributed by atoms with Gasteiger partial charge < -0.3 is 13.9 Å². The summed E-state index contributed by atoms with van der Waals surface area (Å²) in [7, 11) is -1.89. The number of rotatable bonds is 7. The highest BCUT2D eigenvalue weighted by atomic mass is 28.4. The van der Waals surface area contributed by atoms with E-state index in [1.807, 2.05) is 43.9 Å². The van der Waals surface area contributed by atoms with E-state index in [0.717, 1.165) is 18.4 Å². The Morgan fingerprint density at radius 2 is 1.57 bits per heavy atom.